The number of carbonyl (C=O) groups excluding carboxylic acids is 1. The number of carboxylic acids is 1. The maximum absolute atomic E-state index is 13.2. The van der Waals surface area contributed by atoms with Gasteiger partial charge in [0.15, 0.2) is 0 Å². The molecule has 0 spiro atoms. The smallest absolute Gasteiger partial charge is 0.497 e. The molecule has 3 aromatic rings. The molecule has 1 atom stereocenters. The van der Waals surface area contributed by atoms with Crippen LogP contribution in [0, 0.1) is 6.92 Å². The Morgan fingerprint density at radius 1 is 1.10 bits per heavy atom. The molecular weight excluding hydrogens is 415 g/mol. The Morgan fingerprint density at radius 3 is 2.23 bits per heavy atom. The number of aromatic nitrogens is 1. The molecule has 2 aromatic carbocycles. The van der Waals surface area contributed by atoms with Gasteiger partial charge in [-0.15, -0.1) is 13.2 Å². The van der Waals surface area contributed by atoms with E-state index in [2.05, 4.69) is 4.74 Å². The van der Waals surface area contributed by atoms with Gasteiger partial charge < -0.3 is 14.6 Å². The minimum Gasteiger partial charge on any atom is -0.497 e. The zero-order valence-electron chi connectivity index (χ0n) is 17.0. The first-order valence-corrected chi connectivity index (χ1v) is 9.39. The van der Waals surface area contributed by atoms with Gasteiger partial charge in [0.25, 0.3) is 5.91 Å². The largest absolute Gasteiger partial charge is 0.573 e. The van der Waals surface area contributed by atoms with Crippen LogP contribution in [0.15, 0.2) is 42.5 Å². The first-order valence-electron chi connectivity index (χ1n) is 9.39. The number of hydrogen-bond acceptors (Lipinski definition) is 4. The van der Waals surface area contributed by atoms with Gasteiger partial charge in [0.2, 0.25) is 0 Å². The zero-order valence-corrected chi connectivity index (χ0v) is 17.0. The van der Waals surface area contributed by atoms with Crippen molar-refractivity contribution in [3.05, 3.63) is 59.3 Å². The Hall–Kier alpha value is -3.49. The molecule has 0 saturated heterocycles. The Morgan fingerprint density at radius 2 is 1.71 bits per heavy atom. The van der Waals surface area contributed by atoms with Gasteiger partial charge >= 0.3 is 12.3 Å². The summed E-state index contributed by atoms with van der Waals surface area (Å²) in [5.74, 6) is -2.30. The van der Waals surface area contributed by atoms with E-state index in [4.69, 9.17) is 4.74 Å². The maximum atomic E-state index is 13.2. The fraction of sp³-hybridized carbons (Fsp3) is 0.273. The second-order valence-corrected chi connectivity index (χ2v) is 6.89. The first-order chi connectivity index (χ1) is 14.6. The van der Waals surface area contributed by atoms with Crippen molar-refractivity contribution < 1.29 is 37.3 Å². The molecule has 0 bridgehead atoms. The summed E-state index contributed by atoms with van der Waals surface area (Å²) in [6, 6.07) is 9.54. The Kier molecular flexibility index (Phi) is 5.97. The molecule has 0 radical (unpaired) electrons. The standard InChI is InChI=1S/C22H20F3NO5/c1-4-16(21(28)29)19-12(2)26(18-10-9-15(30-3)11-17(18)19)20(27)13-5-7-14(8-6-13)31-22(23,24)25/h5-11,16H,4H2,1-3H3,(H,28,29). The third-order valence-electron chi connectivity index (χ3n) is 5.05. The maximum Gasteiger partial charge on any atom is 0.573 e. The number of carboxylic acid groups (broad SMARTS) is 1. The lowest BCUT2D eigenvalue weighted by Crippen LogP contribution is -2.18. The van der Waals surface area contributed by atoms with Crippen LogP contribution in [0.1, 0.15) is 40.9 Å². The number of alkyl halides is 3. The molecule has 9 heteroatoms. The molecule has 0 aliphatic rings. The summed E-state index contributed by atoms with van der Waals surface area (Å²) in [7, 11) is 1.48. The number of hydrogen-bond donors (Lipinski definition) is 1. The van der Waals surface area contributed by atoms with Crippen molar-refractivity contribution in [3.8, 4) is 11.5 Å². The monoisotopic (exact) mass is 435 g/mol. The number of halogens is 3. The van der Waals surface area contributed by atoms with Gasteiger partial charge in [-0.1, -0.05) is 6.92 Å². The second-order valence-electron chi connectivity index (χ2n) is 6.89. The van der Waals surface area contributed by atoms with Crippen LogP contribution in [-0.2, 0) is 4.79 Å². The molecule has 1 N–H and O–H groups in total. The third-order valence-corrected chi connectivity index (χ3v) is 5.05. The zero-order chi connectivity index (χ0) is 22.9. The van der Waals surface area contributed by atoms with Crippen molar-refractivity contribution in [1.29, 1.82) is 0 Å². The third kappa shape index (κ3) is 4.35. The van der Waals surface area contributed by atoms with Crippen molar-refractivity contribution in [1.82, 2.24) is 4.57 Å². The molecule has 0 aliphatic carbocycles. The molecule has 1 heterocycles. The van der Waals surface area contributed by atoms with Crippen LogP contribution < -0.4 is 9.47 Å². The number of benzene rings is 2. The van der Waals surface area contributed by atoms with E-state index in [1.165, 1.54) is 23.8 Å². The van der Waals surface area contributed by atoms with Crippen LogP contribution in [0.3, 0.4) is 0 Å². The van der Waals surface area contributed by atoms with Crippen molar-refractivity contribution in [2.24, 2.45) is 0 Å². The van der Waals surface area contributed by atoms with Crippen molar-refractivity contribution in [2.45, 2.75) is 32.5 Å². The lowest BCUT2D eigenvalue weighted by atomic mass is 9.94. The van der Waals surface area contributed by atoms with E-state index >= 15 is 0 Å². The van der Waals surface area contributed by atoms with Crippen LogP contribution in [0.25, 0.3) is 10.9 Å². The SMILES string of the molecule is CCC(C(=O)O)c1c(C)n(C(=O)c2ccc(OC(F)(F)F)cc2)c2ccc(OC)cc12. The molecular formula is C22H20F3NO5. The van der Waals surface area contributed by atoms with Crippen LogP contribution in [-0.4, -0.2) is 35.0 Å². The Balaban J connectivity index is 2.14. The van der Waals surface area contributed by atoms with Gasteiger partial charge in [0.1, 0.15) is 11.5 Å². The van der Waals surface area contributed by atoms with Gasteiger partial charge in [0, 0.05) is 16.6 Å². The predicted molar refractivity (Wildman–Crippen MR) is 107 cm³/mol. The average molecular weight is 435 g/mol. The lowest BCUT2D eigenvalue weighted by Gasteiger charge is -2.12. The van der Waals surface area contributed by atoms with Crippen LogP contribution in [0.4, 0.5) is 13.2 Å². The van der Waals surface area contributed by atoms with E-state index in [9.17, 15) is 27.9 Å². The van der Waals surface area contributed by atoms with Gasteiger partial charge in [-0.2, -0.15) is 0 Å². The summed E-state index contributed by atoms with van der Waals surface area (Å²) < 4.78 is 47.6. The summed E-state index contributed by atoms with van der Waals surface area (Å²) in [5.41, 5.74) is 1.54. The molecule has 0 amide bonds. The van der Waals surface area contributed by atoms with Crippen molar-refractivity contribution >= 4 is 22.8 Å². The second kappa shape index (κ2) is 8.33. The number of carbonyl (C=O) groups is 2. The van der Waals surface area contributed by atoms with Gasteiger partial charge in [-0.3, -0.25) is 14.2 Å². The molecule has 164 valence electrons. The van der Waals surface area contributed by atoms with Crippen LogP contribution >= 0.6 is 0 Å². The summed E-state index contributed by atoms with van der Waals surface area (Å²) in [6.07, 6.45) is -4.52. The molecule has 0 saturated carbocycles. The van der Waals surface area contributed by atoms with E-state index in [1.807, 2.05) is 0 Å². The quantitative estimate of drug-likeness (QED) is 0.581. The highest BCUT2D eigenvalue weighted by atomic mass is 19.4. The van der Waals surface area contributed by atoms with Gasteiger partial charge in [-0.25, -0.2) is 0 Å². The summed E-state index contributed by atoms with van der Waals surface area (Å²) in [6.45, 7) is 3.38. The van der Waals surface area contributed by atoms with Crippen molar-refractivity contribution in [3.63, 3.8) is 0 Å². The molecule has 1 aromatic heterocycles. The van der Waals surface area contributed by atoms with E-state index in [-0.39, 0.29) is 5.56 Å². The molecule has 0 fully saturated rings. The normalized spacial score (nSPS) is 12.6. The minimum atomic E-state index is -4.83. The van der Waals surface area contributed by atoms with E-state index < -0.39 is 29.9 Å². The summed E-state index contributed by atoms with van der Waals surface area (Å²) >= 11 is 0. The van der Waals surface area contributed by atoms with Crippen molar-refractivity contribution in [2.75, 3.05) is 7.11 Å². The van der Waals surface area contributed by atoms with E-state index in [0.717, 1.165) is 12.1 Å². The lowest BCUT2D eigenvalue weighted by molar-refractivity contribution is -0.274. The number of methoxy groups -OCH3 is 1. The van der Waals surface area contributed by atoms with Crippen LogP contribution in [0.2, 0.25) is 0 Å². The summed E-state index contributed by atoms with van der Waals surface area (Å²) in [4.78, 5) is 25.1. The van der Waals surface area contributed by atoms with Gasteiger partial charge in [-0.05, 0) is 61.4 Å². The fourth-order valence-electron chi connectivity index (χ4n) is 3.68. The summed E-state index contributed by atoms with van der Waals surface area (Å²) in [5, 5.41) is 10.3. The number of fused-ring (bicyclic) bond motifs is 1. The predicted octanol–water partition coefficient (Wildman–Crippen LogP) is 5.12. The first kappa shape index (κ1) is 22.2. The highest BCUT2D eigenvalue weighted by Crippen LogP contribution is 2.36. The molecule has 31 heavy (non-hydrogen) atoms. The molecule has 0 aliphatic heterocycles. The highest BCUT2D eigenvalue weighted by Gasteiger charge is 2.31. The molecule has 6 nitrogen and oxygen atoms in total. The Labute approximate surface area is 175 Å². The topological polar surface area (TPSA) is 77.8 Å². The number of aliphatic carboxylic acids is 1. The number of nitrogens with zero attached hydrogens (tertiary/aromatic N) is 1. The number of rotatable bonds is 6. The van der Waals surface area contributed by atoms with Gasteiger partial charge in [0.05, 0.1) is 18.5 Å². The minimum absolute atomic E-state index is 0.125. The fourth-order valence-corrected chi connectivity index (χ4v) is 3.68. The average Bonchev–Trinajstić information content (AvgIpc) is 2.98. The van der Waals surface area contributed by atoms with Crippen LogP contribution in [0.5, 0.6) is 11.5 Å². The highest BCUT2D eigenvalue weighted by molar-refractivity contribution is 6.05. The van der Waals surface area contributed by atoms with E-state index in [1.54, 1.807) is 32.0 Å². The molecule has 3 rings (SSSR count). The number of ether oxygens (including phenoxy) is 2. The van der Waals surface area contributed by atoms with E-state index in [0.29, 0.717) is 34.3 Å². The molecule has 1 unspecified atom stereocenters. The Bertz CT molecular complexity index is 1130.